The first-order valence-electron chi connectivity index (χ1n) is 8.88. The fraction of sp³-hybridized carbons (Fsp3) is 0.455. The van der Waals surface area contributed by atoms with E-state index in [-0.39, 0.29) is 10.8 Å². The maximum atomic E-state index is 6.25. The van der Waals surface area contributed by atoms with Gasteiger partial charge in [0.15, 0.2) is 0 Å². The van der Waals surface area contributed by atoms with Gasteiger partial charge < -0.3 is 8.85 Å². The van der Waals surface area contributed by atoms with Gasteiger partial charge >= 0.3 is 8.56 Å². The molecule has 0 atom stereocenters. The molecular formula is C22H32O2Si. The summed E-state index contributed by atoms with van der Waals surface area (Å²) in [5.41, 5.74) is 2.61. The van der Waals surface area contributed by atoms with Crippen LogP contribution in [0.1, 0.15) is 52.7 Å². The molecule has 136 valence electrons. The van der Waals surface area contributed by atoms with Crippen LogP contribution in [0.4, 0.5) is 0 Å². The highest BCUT2D eigenvalue weighted by Gasteiger charge is 2.46. The molecule has 0 unspecified atom stereocenters. The quantitative estimate of drug-likeness (QED) is 0.767. The summed E-state index contributed by atoms with van der Waals surface area (Å²) in [6.07, 6.45) is 0. The number of benzene rings is 2. The number of rotatable bonds is 4. The van der Waals surface area contributed by atoms with Crippen molar-refractivity contribution >= 4 is 18.9 Å². The maximum Gasteiger partial charge on any atom is 0.407 e. The van der Waals surface area contributed by atoms with Crippen molar-refractivity contribution in [1.82, 2.24) is 0 Å². The van der Waals surface area contributed by atoms with E-state index in [0.29, 0.717) is 0 Å². The molecule has 3 heteroatoms. The molecule has 0 aliphatic carbocycles. The van der Waals surface area contributed by atoms with Crippen molar-refractivity contribution in [3.05, 3.63) is 59.7 Å². The summed E-state index contributed by atoms with van der Waals surface area (Å²) in [7, 11) is 0.768. The highest BCUT2D eigenvalue weighted by atomic mass is 28.4. The smallest absolute Gasteiger partial charge is 0.391 e. The van der Waals surface area contributed by atoms with E-state index in [1.54, 1.807) is 14.2 Å². The van der Waals surface area contributed by atoms with E-state index in [0.717, 1.165) is 0 Å². The zero-order valence-corrected chi connectivity index (χ0v) is 17.9. The monoisotopic (exact) mass is 356 g/mol. The molecule has 0 saturated heterocycles. The van der Waals surface area contributed by atoms with E-state index in [2.05, 4.69) is 90.1 Å². The van der Waals surface area contributed by atoms with Crippen molar-refractivity contribution in [1.29, 1.82) is 0 Å². The zero-order valence-electron chi connectivity index (χ0n) is 16.9. The van der Waals surface area contributed by atoms with E-state index in [9.17, 15) is 0 Å². The molecular weight excluding hydrogens is 324 g/mol. The van der Waals surface area contributed by atoms with Gasteiger partial charge in [-0.25, -0.2) is 0 Å². The topological polar surface area (TPSA) is 18.5 Å². The van der Waals surface area contributed by atoms with Gasteiger partial charge in [-0.2, -0.15) is 0 Å². The van der Waals surface area contributed by atoms with E-state index in [1.165, 1.54) is 21.5 Å². The fourth-order valence-corrected chi connectivity index (χ4v) is 7.11. The molecule has 25 heavy (non-hydrogen) atoms. The predicted molar refractivity (Wildman–Crippen MR) is 109 cm³/mol. The first-order chi connectivity index (χ1) is 11.6. The molecule has 2 aromatic carbocycles. The summed E-state index contributed by atoms with van der Waals surface area (Å²) in [6, 6.07) is 17.1. The van der Waals surface area contributed by atoms with Crippen molar-refractivity contribution < 1.29 is 8.85 Å². The minimum Gasteiger partial charge on any atom is -0.391 e. The Morgan fingerprint density at radius 2 is 0.920 bits per heavy atom. The molecule has 0 aliphatic heterocycles. The second-order valence-electron chi connectivity index (χ2n) is 8.62. The largest absolute Gasteiger partial charge is 0.407 e. The summed E-state index contributed by atoms with van der Waals surface area (Å²) in [4.78, 5) is 0. The molecule has 2 aromatic rings. The minimum absolute atomic E-state index is 0.0164. The van der Waals surface area contributed by atoms with Gasteiger partial charge in [0.25, 0.3) is 0 Å². The van der Waals surface area contributed by atoms with Crippen LogP contribution in [0.3, 0.4) is 0 Å². The van der Waals surface area contributed by atoms with Gasteiger partial charge in [-0.3, -0.25) is 0 Å². The lowest BCUT2D eigenvalue weighted by molar-refractivity contribution is 0.271. The molecule has 2 nitrogen and oxygen atoms in total. The van der Waals surface area contributed by atoms with E-state index in [4.69, 9.17) is 8.85 Å². The molecule has 0 aromatic heterocycles. The summed E-state index contributed by atoms with van der Waals surface area (Å²) in [5.74, 6) is 0. The second-order valence-corrected chi connectivity index (χ2v) is 11.7. The lowest BCUT2D eigenvalue weighted by atomic mass is 9.87. The second kappa shape index (κ2) is 7.06. The van der Waals surface area contributed by atoms with E-state index in [1.807, 2.05) is 0 Å². The van der Waals surface area contributed by atoms with Crippen molar-refractivity contribution in [3.8, 4) is 0 Å². The van der Waals surface area contributed by atoms with Gasteiger partial charge in [0.1, 0.15) is 0 Å². The average molecular weight is 357 g/mol. The van der Waals surface area contributed by atoms with Crippen molar-refractivity contribution in [2.24, 2.45) is 0 Å². The van der Waals surface area contributed by atoms with Crippen molar-refractivity contribution in [2.75, 3.05) is 14.2 Å². The fourth-order valence-electron chi connectivity index (χ4n) is 3.52. The molecule has 0 N–H and O–H groups in total. The van der Waals surface area contributed by atoms with Crippen LogP contribution in [-0.4, -0.2) is 22.8 Å². The highest BCUT2D eigenvalue weighted by Crippen LogP contribution is 2.27. The van der Waals surface area contributed by atoms with Gasteiger partial charge in [0, 0.05) is 24.6 Å². The Bertz CT molecular complexity index is 660. The lowest BCUT2D eigenvalue weighted by Crippen LogP contribution is -2.65. The summed E-state index contributed by atoms with van der Waals surface area (Å²) in [5, 5.41) is 2.40. The van der Waals surface area contributed by atoms with Crippen molar-refractivity contribution in [3.63, 3.8) is 0 Å². The molecule has 0 bridgehead atoms. The van der Waals surface area contributed by atoms with Gasteiger partial charge in [-0.1, -0.05) is 90.1 Å². The SMILES string of the molecule is CO[Si](OC)(c1ccccc1C(C)(C)C)c1ccccc1C(C)(C)C. The van der Waals surface area contributed by atoms with Crippen LogP contribution in [-0.2, 0) is 19.7 Å². The Hall–Kier alpha value is -1.42. The third kappa shape index (κ3) is 3.74. The Morgan fingerprint density at radius 3 is 1.20 bits per heavy atom. The Kier molecular flexibility index (Phi) is 5.62. The molecule has 0 spiro atoms. The maximum absolute atomic E-state index is 6.25. The minimum atomic E-state index is -2.80. The van der Waals surface area contributed by atoms with Gasteiger partial charge in [0.2, 0.25) is 0 Å². The Morgan fingerprint density at radius 1 is 0.600 bits per heavy atom. The summed E-state index contributed by atoms with van der Waals surface area (Å²) < 4.78 is 12.5. The van der Waals surface area contributed by atoms with Gasteiger partial charge in [-0.15, -0.1) is 0 Å². The van der Waals surface area contributed by atoms with Crippen LogP contribution in [0.5, 0.6) is 0 Å². The highest BCUT2D eigenvalue weighted by molar-refractivity contribution is 6.93. The van der Waals surface area contributed by atoms with Crippen LogP contribution in [0, 0.1) is 0 Å². The standard InChI is InChI=1S/C22H32O2Si/c1-21(2,3)17-13-9-11-15-19(17)25(23-7,24-8)20-16-12-10-14-18(20)22(4,5)6/h9-16H,1-8H3. The van der Waals surface area contributed by atoms with Gasteiger partial charge in [-0.05, 0) is 22.0 Å². The molecule has 0 heterocycles. The van der Waals surface area contributed by atoms with Crippen LogP contribution in [0.25, 0.3) is 0 Å². The molecule has 0 aliphatic rings. The van der Waals surface area contributed by atoms with Crippen LogP contribution in [0.15, 0.2) is 48.5 Å². The third-order valence-corrected chi connectivity index (χ3v) is 8.19. The van der Waals surface area contributed by atoms with E-state index >= 15 is 0 Å². The lowest BCUT2D eigenvalue weighted by Gasteiger charge is -2.36. The van der Waals surface area contributed by atoms with Crippen LogP contribution in [0.2, 0.25) is 0 Å². The van der Waals surface area contributed by atoms with E-state index < -0.39 is 8.56 Å². The Labute approximate surface area is 154 Å². The number of hydrogen-bond donors (Lipinski definition) is 0. The van der Waals surface area contributed by atoms with Crippen LogP contribution < -0.4 is 10.4 Å². The first kappa shape index (κ1) is 19.9. The molecule has 0 amide bonds. The predicted octanol–water partition coefficient (Wildman–Crippen LogP) is 4.13. The summed E-state index contributed by atoms with van der Waals surface area (Å²) in [6.45, 7) is 13.5. The number of hydrogen-bond acceptors (Lipinski definition) is 2. The van der Waals surface area contributed by atoms with Gasteiger partial charge in [0.05, 0.1) is 0 Å². The molecule has 0 radical (unpaired) electrons. The average Bonchev–Trinajstić information content (AvgIpc) is 2.56. The first-order valence-corrected chi connectivity index (χ1v) is 10.7. The van der Waals surface area contributed by atoms with Crippen molar-refractivity contribution in [2.45, 2.75) is 52.4 Å². The summed E-state index contributed by atoms with van der Waals surface area (Å²) >= 11 is 0. The Balaban J connectivity index is 2.84. The molecule has 2 rings (SSSR count). The molecule has 0 fully saturated rings. The zero-order chi connectivity index (χ0) is 18.9. The third-order valence-electron chi connectivity index (χ3n) is 4.75. The normalized spacial score (nSPS) is 13.1. The van der Waals surface area contributed by atoms with Crippen LogP contribution >= 0.6 is 0 Å². The molecule has 0 saturated carbocycles.